The average Bonchev–Trinajstić information content (AvgIpc) is 2.91. The molecule has 0 radical (unpaired) electrons. The van der Waals surface area contributed by atoms with Crippen LogP contribution in [0.3, 0.4) is 0 Å². The molecular weight excluding hydrogens is 286 g/mol. The lowest BCUT2D eigenvalue weighted by Crippen LogP contribution is -2.32. The van der Waals surface area contributed by atoms with E-state index in [-0.39, 0.29) is 11.6 Å². The van der Waals surface area contributed by atoms with E-state index >= 15 is 0 Å². The van der Waals surface area contributed by atoms with Crippen LogP contribution < -0.4 is 5.32 Å². The van der Waals surface area contributed by atoms with Gasteiger partial charge in [-0.05, 0) is 19.8 Å². The Morgan fingerprint density at radius 2 is 2.14 bits per heavy atom. The predicted molar refractivity (Wildman–Crippen MR) is 83.4 cm³/mol. The maximum Gasteiger partial charge on any atom is 0.244 e. The smallest absolute Gasteiger partial charge is 0.244 e. The summed E-state index contributed by atoms with van der Waals surface area (Å²) in [7, 11) is 0. The van der Waals surface area contributed by atoms with Crippen LogP contribution in [-0.2, 0) is 10.3 Å². The highest BCUT2D eigenvalue weighted by Gasteiger charge is 2.39. The van der Waals surface area contributed by atoms with Gasteiger partial charge in [0.2, 0.25) is 11.7 Å². The second kappa shape index (κ2) is 7.11. The van der Waals surface area contributed by atoms with Crippen molar-refractivity contribution in [1.29, 1.82) is 0 Å². The minimum Gasteiger partial charge on any atom is -0.367 e. The zero-order valence-electron chi connectivity index (χ0n) is 12.8. The minimum atomic E-state index is -0.325. The first-order chi connectivity index (χ1) is 10.3. The maximum absolute atomic E-state index is 6.13. The van der Waals surface area contributed by atoms with Gasteiger partial charge in [-0.1, -0.05) is 30.8 Å². The lowest BCUT2D eigenvalue weighted by atomic mass is 9.93. The number of thioether (sulfide) groups is 1. The van der Waals surface area contributed by atoms with Crippen LogP contribution in [-0.4, -0.2) is 34.8 Å². The Hall–Kier alpha value is -0.590. The number of hydrogen-bond donors (Lipinski definition) is 1. The zero-order valence-corrected chi connectivity index (χ0v) is 13.6. The molecule has 118 valence electrons. The fourth-order valence-corrected chi connectivity index (χ4v) is 4.22. The molecule has 1 N–H and O–H groups in total. The Morgan fingerprint density at radius 3 is 2.81 bits per heavy atom. The van der Waals surface area contributed by atoms with Crippen molar-refractivity contribution in [1.82, 2.24) is 15.5 Å². The molecule has 2 aliphatic rings. The molecule has 2 heterocycles. The van der Waals surface area contributed by atoms with Gasteiger partial charge in [-0.15, -0.1) is 0 Å². The van der Waals surface area contributed by atoms with Gasteiger partial charge < -0.3 is 14.6 Å². The third kappa shape index (κ3) is 3.43. The highest BCUT2D eigenvalue weighted by Crippen LogP contribution is 2.38. The molecule has 1 aromatic rings. The number of nitrogens with one attached hydrogen (secondary N) is 1. The first-order valence-corrected chi connectivity index (χ1v) is 9.29. The zero-order chi connectivity index (χ0) is 14.5. The number of hydrogen-bond acceptors (Lipinski definition) is 6. The molecule has 21 heavy (non-hydrogen) atoms. The molecule has 3 rings (SSSR count). The summed E-state index contributed by atoms with van der Waals surface area (Å²) < 4.78 is 11.7. The van der Waals surface area contributed by atoms with Gasteiger partial charge in [0.1, 0.15) is 5.60 Å². The van der Waals surface area contributed by atoms with Gasteiger partial charge in [-0.25, -0.2) is 0 Å². The van der Waals surface area contributed by atoms with Gasteiger partial charge in [0.05, 0.1) is 6.04 Å². The van der Waals surface area contributed by atoms with E-state index in [4.69, 9.17) is 14.2 Å². The molecule has 1 aliphatic heterocycles. The van der Waals surface area contributed by atoms with Crippen LogP contribution in [0, 0.1) is 0 Å². The average molecular weight is 311 g/mol. The molecule has 0 aromatic carbocycles. The molecule has 1 saturated carbocycles. The summed E-state index contributed by atoms with van der Waals surface area (Å²) in [5, 5.41) is 7.74. The number of rotatable bonds is 4. The standard InChI is InChI=1S/C15H25N3O2S/c1-2-19-15(7-5-3-4-6-8-15)14-17-13(20-18-14)12-11-21-10-9-16-12/h12,16H,2-11H2,1H3. The summed E-state index contributed by atoms with van der Waals surface area (Å²) in [4.78, 5) is 4.71. The summed E-state index contributed by atoms with van der Waals surface area (Å²) >= 11 is 1.93. The second-order valence-corrected chi connectivity index (χ2v) is 7.03. The second-order valence-electron chi connectivity index (χ2n) is 5.88. The van der Waals surface area contributed by atoms with Gasteiger partial charge in [-0.3, -0.25) is 0 Å². The van der Waals surface area contributed by atoms with Gasteiger partial charge >= 0.3 is 0 Å². The lowest BCUT2D eigenvalue weighted by Gasteiger charge is -2.29. The topological polar surface area (TPSA) is 60.2 Å². The van der Waals surface area contributed by atoms with Crippen molar-refractivity contribution in [3.63, 3.8) is 0 Å². The Morgan fingerprint density at radius 1 is 1.33 bits per heavy atom. The van der Waals surface area contributed by atoms with Crippen molar-refractivity contribution >= 4 is 11.8 Å². The molecule has 1 atom stereocenters. The molecule has 1 aliphatic carbocycles. The number of ether oxygens (including phenoxy) is 1. The Labute approximate surface area is 130 Å². The van der Waals surface area contributed by atoms with Crippen LogP contribution in [0.25, 0.3) is 0 Å². The van der Waals surface area contributed by atoms with Crippen LogP contribution in [0.5, 0.6) is 0 Å². The van der Waals surface area contributed by atoms with E-state index in [0.717, 1.165) is 42.6 Å². The van der Waals surface area contributed by atoms with Crippen molar-refractivity contribution in [2.45, 2.75) is 57.1 Å². The quantitative estimate of drug-likeness (QED) is 0.863. The normalized spacial score (nSPS) is 26.4. The van der Waals surface area contributed by atoms with Crippen molar-refractivity contribution in [3.05, 3.63) is 11.7 Å². The Kier molecular flexibility index (Phi) is 5.19. The first-order valence-electron chi connectivity index (χ1n) is 8.13. The fraction of sp³-hybridized carbons (Fsp3) is 0.867. The summed E-state index contributed by atoms with van der Waals surface area (Å²) in [6, 6.07) is 0.189. The van der Waals surface area contributed by atoms with Crippen LogP contribution in [0.4, 0.5) is 0 Å². The van der Waals surface area contributed by atoms with Gasteiger partial charge in [0.15, 0.2) is 0 Å². The van der Waals surface area contributed by atoms with E-state index in [1.165, 1.54) is 25.7 Å². The summed E-state index contributed by atoms with van der Waals surface area (Å²) in [6.07, 6.45) is 6.93. The van der Waals surface area contributed by atoms with Gasteiger partial charge in [-0.2, -0.15) is 16.7 Å². The molecule has 5 nitrogen and oxygen atoms in total. The predicted octanol–water partition coefficient (Wildman–Crippen LogP) is 3.03. The van der Waals surface area contributed by atoms with Crippen LogP contribution in [0.2, 0.25) is 0 Å². The van der Waals surface area contributed by atoms with Crippen molar-refractivity contribution in [2.24, 2.45) is 0 Å². The molecular formula is C15H25N3O2S. The summed E-state index contributed by atoms with van der Waals surface area (Å²) in [5.41, 5.74) is -0.325. The molecule has 0 bridgehead atoms. The van der Waals surface area contributed by atoms with Crippen LogP contribution >= 0.6 is 11.8 Å². The number of nitrogens with zero attached hydrogens (tertiary/aromatic N) is 2. The van der Waals surface area contributed by atoms with Gasteiger partial charge in [0, 0.05) is 24.7 Å². The SMILES string of the molecule is CCOC1(c2noc(C3CSCCN3)n2)CCCCCC1. The Bertz CT molecular complexity index is 438. The minimum absolute atomic E-state index is 0.189. The highest BCUT2D eigenvalue weighted by molar-refractivity contribution is 7.99. The molecule has 1 saturated heterocycles. The lowest BCUT2D eigenvalue weighted by molar-refractivity contribution is -0.0636. The van der Waals surface area contributed by atoms with Crippen LogP contribution in [0.1, 0.15) is 63.2 Å². The Balaban J connectivity index is 1.80. The van der Waals surface area contributed by atoms with Gasteiger partial charge in [0.25, 0.3) is 0 Å². The summed E-state index contributed by atoms with van der Waals surface area (Å²) in [5.74, 6) is 3.64. The van der Waals surface area contributed by atoms with E-state index in [1.807, 2.05) is 18.7 Å². The largest absolute Gasteiger partial charge is 0.367 e. The fourth-order valence-electron chi connectivity index (χ4n) is 3.29. The maximum atomic E-state index is 6.13. The van der Waals surface area contributed by atoms with E-state index in [9.17, 15) is 0 Å². The van der Waals surface area contributed by atoms with E-state index < -0.39 is 0 Å². The van der Waals surface area contributed by atoms with E-state index in [2.05, 4.69) is 10.5 Å². The molecule has 1 aromatic heterocycles. The summed E-state index contributed by atoms with van der Waals surface area (Å²) in [6.45, 7) is 3.75. The van der Waals surface area contributed by atoms with Crippen molar-refractivity contribution in [3.8, 4) is 0 Å². The molecule has 0 amide bonds. The van der Waals surface area contributed by atoms with E-state index in [1.54, 1.807) is 0 Å². The highest BCUT2D eigenvalue weighted by atomic mass is 32.2. The monoisotopic (exact) mass is 311 g/mol. The first kappa shape index (κ1) is 15.3. The molecule has 0 spiro atoms. The molecule has 6 heteroatoms. The van der Waals surface area contributed by atoms with Crippen LogP contribution in [0.15, 0.2) is 4.52 Å². The van der Waals surface area contributed by atoms with E-state index in [0.29, 0.717) is 6.61 Å². The number of aromatic nitrogens is 2. The third-order valence-electron chi connectivity index (χ3n) is 4.40. The molecule has 1 unspecified atom stereocenters. The third-order valence-corrected chi connectivity index (χ3v) is 5.46. The van der Waals surface area contributed by atoms with Crippen molar-refractivity contribution in [2.75, 3.05) is 24.7 Å². The molecule has 2 fully saturated rings. The van der Waals surface area contributed by atoms with Crippen molar-refractivity contribution < 1.29 is 9.26 Å².